The summed E-state index contributed by atoms with van der Waals surface area (Å²) in [6, 6.07) is 5.84. The number of carbonyl (C=O) groups excluding carboxylic acids is 1. The first-order valence-corrected chi connectivity index (χ1v) is 13.2. The molecule has 10 nitrogen and oxygen atoms in total. The maximum atomic E-state index is 12.4. The van der Waals surface area contributed by atoms with Crippen molar-refractivity contribution >= 4 is 45.3 Å². The molecule has 5 rings (SSSR count). The molecular formula is C28H33ClN6O4. The number of pyridine rings is 2. The van der Waals surface area contributed by atoms with E-state index >= 15 is 0 Å². The highest BCUT2D eigenvalue weighted by Gasteiger charge is 2.30. The third kappa shape index (κ3) is 5.72. The van der Waals surface area contributed by atoms with Crippen molar-refractivity contribution in [2.75, 3.05) is 32.3 Å². The van der Waals surface area contributed by atoms with E-state index in [1.54, 1.807) is 22.9 Å². The van der Waals surface area contributed by atoms with Gasteiger partial charge >= 0.3 is 6.09 Å². The summed E-state index contributed by atoms with van der Waals surface area (Å²) in [6.45, 7) is 8.85. The monoisotopic (exact) mass is 552 g/mol. The van der Waals surface area contributed by atoms with Gasteiger partial charge in [0.1, 0.15) is 11.4 Å². The van der Waals surface area contributed by atoms with Crippen LogP contribution in [-0.4, -0.2) is 69.4 Å². The number of hydrogen-bond donors (Lipinski definition) is 1. The largest absolute Gasteiger partial charge is 0.466 e. The molecule has 206 valence electrons. The Hall–Kier alpha value is -3.63. The number of methoxy groups -OCH3 is 1. The third-order valence-corrected chi connectivity index (χ3v) is 6.83. The number of nitrogens with zero attached hydrogens (tertiary/aromatic N) is 5. The van der Waals surface area contributed by atoms with Crippen molar-refractivity contribution < 1.29 is 19.0 Å². The van der Waals surface area contributed by atoms with Crippen molar-refractivity contribution in [3.63, 3.8) is 0 Å². The van der Waals surface area contributed by atoms with Crippen LogP contribution in [0.1, 0.15) is 32.8 Å². The number of likely N-dealkylation sites (tertiary alicyclic amines) is 1. The molecule has 0 aliphatic carbocycles. The third-order valence-electron chi connectivity index (χ3n) is 6.52. The highest BCUT2D eigenvalue weighted by molar-refractivity contribution is 6.35. The van der Waals surface area contributed by atoms with E-state index in [9.17, 15) is 4.79 Å². The van der Waals surface area contributed by atoms with Gasteiger partial charge in [0.15, 0.2) is 12.4 Å². The molecule has 1 amide bonds. The minimum absolute atomic E-state index is 0.0810. The second-order valence-electron chi connectivity index (χ2n) is 10.8. The minimum atomic E-state index is -0.521. The Labute approximate surface area is 232 Å². The fourth-order valence-corrected chi connectivity index (χ4v) is 5.06. The highest BCUT2D eigenvalue weighted by atomic mass is 35.5. The van der Waals surface area contributed by atoms with Crippen molar-refractivity contribution in [1.82, 2.24) is 24.6 Å². The lowest BCUT2D eigenvalue weighted by Crippen LogP contribution is -2.36. The number of nitrogens with one attached hydrogen (secondary N) is 1. The second kappa shape index (κ2) is 10.5. The van der Waals surface area contributed by atoms with Crippen LogP contribution in [-0.2, 0) is 16.5 Å². The van der Waals surface area contributed by atoms with Crippen molar-refractivity contribution in [1.29, 1.82) is 0 Å². The number of aromatic nitrogens is 4. The van der Waals surface area contributed by atoms with E-state index in [4.69, 9.17) is 30.8 Å². The van der Waals surface area contributed by atoms with Crippen LogP contribution in [0.5, 0.6) is 5.75 Å². The zero-order chi connectivity index (χ0) is 27.9. The van der Waals surface area contributed by atoms with Crippen molar-refractivity contribution in [3.8, 4) is 17.0 Å². The number of rotatable bonds is 6. The number of anilines is 1. The molecule has 4 aromatic rings. The molecule has 1 saturated heterocycles. The van der Waals surface area contributed by atoms with Crippen molar-refractivity contribution in [2.45, 2.75) is 45.8 Å². The van der Waals surface area contributed by atoms with Gasteiger partial charge < -0.3 is 24.4 Å². The van der Waals surface area contributed by atoms with E-state index in [0.29, 0.717) is 35.2 Å². The molecule has 0 spiro atoms. The molecular weight excluding hydrogens is 520 g/mol. The summed E-state index contributed by atoms with van der Waals surface area (Å²) in [6.07, 6.45) is 4.21. The molecule has 39 heavy (non-hydrogen) atoms. The number of carbonyl (C=O) groups is 1. The molecule has 1 N–H and O–H groups in total. The molecule has 11 heteroatoms. The lowest BCUT2D eigenvalue weighted by atomic mass is 10.0. The van der Waals surface area contributed by atoms with Crippen LogP contribution in [0.4, 0.5) is 10.5 Å². The molecule has 1 aliphatic rings. The van der Waals surface area contributed by atoms with Crippen LogP contribution >= 0.6 is 11.6 Å². The maximum absolute atomic E-state index is 12.4. The fraction of sp³-hybridized carbons (Fsp3) is 0.429. The summed E-state index contributed by atoms with van der Waals surface area (Å²) in [5, 5.41) is 10.3. The van der Waals surface area contributed by atoms with Gasteiger partial charge in [-0.25, -0.2) is 14.8 Å². The number of benzene rings is 1. The second-order valence-corrected chi connectivity index (χ2v) is 11.2. The van der Waals surface area contributed by atoms with Crippen molar-refractivity contribution in [2.24, 2.45) is 7.05 Å². The number of fused-ring (bicyclic) bond motifs is 2. The molecule has 1 unspecified atom stereocenters. The smallest absolute Gasteiger partial charge is 0.410 e. The minimum Gasteiger partial charge on any atom is -0.466 e. The summed E-state index contributed by atoms with van der Waals surface area (Å²) >= 11 is 6.79. The van der Waals surface area contributed by atoms with Crippen LogP contribution in [0.2, 0.25) is 5.02 Å². The summed E-state index contributed by atoms with van der Waals surface area (Å²) in [4.78, 5) is 23.6. The molecule has 0 bridgehead atoms. The van der Waals surface area contributed by atoms with Gasteiger partial charge in [0.25, 0.3) is 0 Å². The molecule has 1 fully saturated rings. The zero-order valence-electron chi connectivity index (χ0n) is 23.0. The van der Waals surface area contributed by atoms with Gasteiger partial charge in [-0.2, -0.15) is 5.10 Å². The Bertz CT molecular complexity index is 1550. The molecule has 3 aromatic heterocycles. The topological polar surface area (TPSA) is 104 Å². The van der Waals surface area contributed by atoms with E-state index < -0.39 is 5.60 Å². The van der Waals surface area contributed by atoms with Crippen molar-refractivity contribution in [3.05, 3.63) is 41.2 Å². The number of amides is 1. The standard InChI is InChI=1S/C28H33ClN6O4/c1-16-24-17(13-34(5)33-24)9-21(25(16)38-15-37-6)23-11-22(29)20-10-19(12-30-26(20)32-23)31-18-7-8-35(14-18)27(36)39-28(2,3)4/h9-13,18,31H,7-8,14-15H2,1-6H3. The Morgan fingerprint density at radius 1 is 1.26 bits per heavy atom. The number of halogens is 1. The van der Waals surface area contributed by atoms with E-state index in [-0.39, 0.29) is 18.9 Å². The van der Waals surface area contributed by atoms with Gasteiger partial charge in [0.05, 0.1) is 28.1 Å². The number of hydrogen-bond acceptors (Lipinski definition) is 8. The predicted octanol–water partition coefficient (Wildman–Crippen LogP) is 5.55. The van der Waals surface area contributed by atoms with Crippen LogP contribution in [0.15, 0.2) is 30.6 Å². The Kier molecular flexibility index (Phi) is 7.26. The Balaban J connectivity index is 1.42. The predicted molar refractivity (Wildman–Crippen MR) is 151 cm³/mol. The molecule has 1 atom stereocenters. The van der Waals surface area contributed by atoms with Crippen LogP contribution in [0.3, 0.4) is 0 Å². The van der Waals surface area contributed by atoms with Crippen LogP contribution in [0.25, 0.3) is 33.2 Å². The van der Waals surface area contributed by atoms with E-state index in [1.165, 1.54) is 0 Å². The molecule has 0 radical (unpaired) electrons. The summed E-state index contributed by atoms with van der Waals surface area (Å²) < 4.78 is 18.4. The quantitative estimate of drug-likeness (QED) is 0.311. The first-order chi connectivity index (χ1) is 18.5. The highest BCUT2D eigenvalue weighted by Crippen LogP contribution is 2.39. The van der Waals surface area contributed by atoms with E-state index in [1.807, 2.05) is 59.1 Å². The Morgan fingerprint density at radius 3 is 2.79 bits per heavy atom. The summed E-state index contributed by atoms with van der Waals surface area (Å²) in [5.41, 5.74) is 3.98. The van der Waals surface area contributed by atoms with Gasteiger partial charge in [0, 0.05) is 61.4 Å². The van der Waals surface area contributed by atoms with Gasteiger partial charge in [-0.05, 0) is 52.3 Å². The fourth-order valence-electron chi connectivity index (χ4n) is 4.82. The maximum Gasteiger partial charge on any atom is 0.410 e. The van der Waals surface area contributed by atoms with Gasteiger partial charge in [-0.1, -0.05) is 11.6 Å². The number of ether oxygens (including phenoxy) is 3. The average Bonchev–Trinajstić information content (AvgIpc) is 3.49. The lowest BCUT2D eigenvalue weighted by molar-refractivity contribution is 0.0293. The molecule has 1 aromatic carbocycles. The first-order valence-electron chi connectivity index (χ1n) is 12.8. The lowest BCUT2D eigenvalue weighted by Gasteiger charge is -2.24. The molecule has 4 heterocycles. The average molecular weight is 553 g/mol. The summed E-state index contributed by atoms with van der Waals surface area (Å²) in [5.74, 6) is 0.639. The van der Waals surface area contributed by atoms with Crippen LogP contribution in [0, 0.1) is 6.92 Å². The first kappa shape index (κ1) is 27.0. The molecule has 1 aliphatic heterocycles. The van der Waals surface area contributed by atoms with Gasteiger partial charge in [-0.15, -0.1) is 0 Å². The van der Waals surface area contributed by atoms with E-state index in [0.717, 1.165) is 39.5 Å². The molecule has 0 saturated carbocycles. The summed E-state index contributed by atoms with van der Waals surface area (Å²) in [7, 11) is 3.46. The zero-order valence-corrected chi connectivity index (χ0v) is 23.8. The Morgan fingerprint density at radius 2 is 2.05 bits per heavy atom. The SMILES string of the molecule is COCOc1c(-c2cc(Cl)c3cc(NC4CCN(C(=O)OC(C)(C)C)C4)cnc3n2)cc2cn(C)nc2c1C. The van der Waals surface area contributed by atoms with E-state index in [2.05, 4.69) is 15.4 Å². The number of aryl methyl sites for hydroxylation is 2. The normalized spacial score (nSPS) is 15.8. The van der Waals surface area contributed by atoms with Gasteiger partial charge in [0.2, 0.25) is 0 Å². The van der Waals surface area contributed by atoms with Gasteiger partial charge in [-0.3, -0.25) is 4.68 Å². The van der Waals surface area contributed by atoms with Crippen LogP contribution < -0.4 is 10.1 Å².